The molecular weight excluding hydrogens is 128 g/mol. The van der Waals surface area contributed by atoms with E-state index in [0.29, 0.717) is 6.10 Å². The lowest BCUT2D eigenvalue weighted by atomic mass is 9.76. The first-order chi connectivity index (χ1) is 4.70. The van der Waals surface area contributed by atoms with E-state index < -0.39 is 0 Å². The fraction of sp³-hybridized carbons (Fsp3) is 1.00. The van der Waals surface area contributed by atoms with Crippen molar-refractivity contribution in [3.05, 3.63) is 0 Å². The van der Waals surface area contributed by atoms with Gasteiger partial charge in [0, 0.05) is 19.4 Å². The largest absolute Gasteiger partial charge is 0.390 e. The standard InChI is InChI=1S/C8H16O2/c1-3-8(9)5-7(6-8)10-4-2/h7,9H,3-6H2,1-2H3/t7-,8-. The molecule has 0 heterocycles. The maximum atomic E-state index is 9.54. The molecule has 1 aliphatic carbocycles. The van der Waals surface area contributed by atoms with Gasteiger partial charge in [-0.1, -0.05) is 6.92 Å². The van der Waals surface area contributed by atoms with Gasteiger partial charge in [-0.3, -0.25) is 0 Å². The van der Waals surface area contributed by atoms with Crippen LogP contribution in [-0.4, -0.2) is 23.4 Å². The highest BCUT2D eigenvalue weighted by Crippen LogP contribution is 2.36. The molecule has 0 atom stereocenters. The predicted molar refractivity (Wildman–Crippen MR) is 39.9 cm³/mol. The molecule has 0 spiro atoms. The smallest absolute Gasteiger partial charge is 0.0694 e. The zero-order valence-electron chi connectivity index (χ0n) is 6.76. The Morgan fingerprint density at radius 3 is 2.50 bits per heavy atom. The van der Waals surface area contributed by atoms with Crippen LogP contribution in [0, 0.1) is 0 Å². The number of ether oxygens (including phenoxy) is 1. The van der Waals surface area contributed by atoms with E-state index in [2.05, 4.69) is 0 Å². The molecule has 1 aliphatic rings. The molecule has 0 radical (unpaired) electrons. The third-order valence-electron chi connectivity index (χ3n) is 2.28. The predicted octanol–water partition coefficient (Wildman–Crippen LogP) is 1.33. The Kier molecular flexibility index (Phi) is 2.32. The maximum Gasteiger partial charge on any atom is 0.0694 e. The summed E-state index contributed by atoms with van der Waals surface area (Å²) in [5.74, 6) is 0. The van der Waals surface area contributed by atoms with E-state index in [1.54, 1.807) is 0 Å². The molecule has 2 heteroatoms. The van der Waals surface area contributed by atoms with Gasteiger partial charge in [0.2, 0.25) is 0 Å². The van der Waals surface area contributed by atoms with Crippen molar-refractivity contribution in [2.45, 2.75) is 44.8 Å². The summed E-state index contributed by atoms with van der Waals surface area (Å²) in [7, 11) is 0. The van der Waals surface area contributed by atoms with Crippen molar-refractivity contribution in [2.24, 2.45) is 0 Å². The molecule has 0 saturated heterocycles. The van der Waals surface area contributed by atoms with E-state index in [1.165, 1.54) is 0 Å². The molecule has 0 amide bonds. The summed E-state index contributed by atoms with van der Waals surface area (Å²) >= 11 is 0. The molecule has 0 aromatic carbocycles. The van der Waals surface area contributed by atoms with Gasteiger partial charge in [0.1, 0.15) is 0 Å². The second kappa shape index (κ2) is 2.89. The third kappa shape index (κ3) is 1.50. The van der Waals surface area contributed by atoms with Crippen LogP contribution in [0.2, 0.25) is 0 Å². The molecule has 0 aromatic rings. The highest BCUT2D eigenvalue weighted by atomic mass is 16.5. The van der Waals surface area contributed by atoms with E-state index in [9.17, 15) is 5.11 Å². The van der Waals surface area contributed by atoms with E-state index in [4.69, 9.17) is 4.74 Å². The van der Waals surface area contributed by atoms with Crippen LogP contribution in [-0.2, 0) is 4.74 Å². The summed E-state index contributed by atoms with van der Waals surface area (Å²) in [4.78, 5) is 0. The van der Waals surface area contributed by atoms with E-state index in [-0.39, 0.29) is 5.60 Å². The van der Waals surface area contributed by atoms with Crippen LogP contribution in [0.4, 0.5) is 0 Å². The average molecular weight is 144 g/mol. The zero-order chi connectivity index (χ0) is 7.61. The first-order valence-electron chi connectivity index (χ1n) is 4.04. The Morgan fingerprint density at radius 1 is 1.50 bits per heavy atom. The summed E-state index contributed by atoms with van der Waals surface area (Å²) < 4.78 is 5.32. The van der Waals surface area contributed by atoms with Crippen LogP contribution in [0.3, 0.4) is 0 Å². The number of hydrogen-bond acceptors (Lipinski definition) is 2. The highest BCUT2D eigenvalue weighted by molar-refractivity contribution is 4.93. The lowest BCUT2D eigenvalue weighted by molar-refractivity contribution is -0.138. The summed E-state index contributed by atoms with van der Waals surface area (Å²) in [6.07, 6.45) is 2.85. The SMILES string of the molecule is CCO[C@H]1C[C@@](O)(CC)C1. The van der Waals surface area contributed by atoms with E-state index >= 15 is 0 Å². The van der Waals surface area contributed by atoms with Crippen molar-refractivity contribution in [1.29, 1.82) is 0 Å². The van der Waals surface area contributed by atoms with Crippen LogP contribution < -0.4 is 0 Å². The van der Waals surface area contributed by atoms with Gasteiger partial charge in [-0.25, -0.2) is 0 Å². The normalized spacial score (nSPS) is 39.3. The monoisotopic (exact) mass is 144 g/mol. The molecule has 1 saturated carbocycles. The average Bonchev–Trinajstić information content (AvgIpc) is 1.85. The Balaban J connectivity index is 2.16. The molecule has 2 nitrogen and oxygen atoms in total. The van der Waals surface area contributed by atoms with Crippen LogP contribution in [0.25, 0.3) is 0 Å². The lowest BCUT2D eigenvalue weighted by Crippen LogP contribution is -2.47. The van der Waals surface area contributed by atoms with Gasteiger partial charge in [0.25, 0.3) is 0 Å². The molecule has 0 unspecified atom stereocenters. The van der Waals surface area contributed by atoms with E-state index in [0.717, 1.165) is 25.9 Å². The second-order valence-corrected chi connectivity index (χ2v) is 3.06. The Morgan fingerprint density at radius 2 is 2.10 bits per heavy atom. The highest BCUT2D eigenvalue weighted by Gasteiger charge is 2.41. The van der Waals surface area contributed by atoms with Crippen molar-refractivity contribution >= 4 is 0 Å². The minimum absolute atomic E-state index is 0.329. The maximum absolute atomic E-state index is 9.54. The topological polar surface area (TPSA) is 29.5 Å². The molecule has 1 fully saturated rings. The fourth-order valence-corrected chi connectivity index (χ4v) is 1.43. The molecule has 0 bridgehead atoms. The lowest BCUT2D eigenvalue weighted by Gasteiger charge is -2.42. The van der Waals surface area contributed by atoms with E-state index in [1.807, 2.05) is 13.8 Å². The summed E-state index contributed by atoms with van der Waals surface area (Å²) in [6.45, 7) is 4.77. The summed E-state index contributed by atoms with van der Waals surface area (Å²) in [6, 6.07) is 0. The van der Waals surface area contributed by atoms with Gasteiger partial charge in [-0.2, -0.15) is 0 Å². The minimum Gasteiger partial charge on any atom is -0.390 e. The summed E-state index contributed by atoms with van der Waals surface area (Å²) in [5.41, 5.74) is -0.389. The van der Waals surface area contributed by atoms with Crippen LogP contribution >= 0.6 is 0 Å². The van der Waals surface area contributed by atoms with Gasteiger partial charge in [0.15, 0.2) is 0 Å². The second-order valence-electron chi connectivity index (χ2n) is 3.06. The molecular formula is C8H16O2. The molecule has 1 N–H and O–H groups in total. The van der Waals surface area contributed by atoms with Crippen LogP contribution in [0.5, 0.6) is 0 Å². The number of hydrogen-bond donors (Lipinski definition) is 1. The number of rotatable bonds is 3. The molecule has 0 aromatic heterocycles. The quantitative estimate of drug-likeness (QED) is 0.647. The summed E-state index contributed by atoms with van der Waals surface area (Å²) in [5, 5.41) is 9.54. The van der Waals surface area contributed by atoms with Crippen molar-refractivity contribution in [1.82, 2.24) is 0 Å². The van der Waals surface area contributed by atoms with Gasteiger partial charge in [0.05, 0.1) is 11.7 Å². The van der Waals surface area contributed by atoms with Crippen molar-refractivity contribution in [2.75, 3.05) is 6.61 Å². The first kappa shape index (κ1) is 8.02. The van der Waals surface area contributed by atoms with Crippen LogP contribution in [0.1, 0.15) is 33.1 Å². The van der Waals surface area contributed by atoms with Gasteiger partial charge < -0.3 is 9.84 Å². The van der Waals surface area contributed by atoms with Crippen molar-refractivity contribution in [3.8, 4) is 0 Å². The minimum atomic E-state index is -0.389. The van der Waals surface area contributed by atoms with Gasteiger partial charge in [-0.05, 0) is 13.3 Å². The van der Waals surface area contributed by atoms with Crippen molar-refractivity contribution < 1.29 is 9.84 Å². The third-order valence-corrected chi connectivity index (χ3v) is 2.28. The Hall–Kier alpha value is -0.0800. The fourth-order valence-electron chi connectivity index (χ4n) is 1.43. The van der Waals surface area contributed by atoms with Crippen LogP contribution in [0.15, 0.2) is 0 Å². The van der Waals surface area contributed by atoms with Gasteiger partial charge >= 0.3 is 0 Å². The number of aliphatic hydroxyl groups is 1. The Labute approximate surface area is 62.2 Å². The van der Waals surface area contributed by atoms with Crippen molar-refractivity contribution in [3.63, 3.8) is 0 Å². The molecule has 10 heavy (non-hydrogen) atoms. The molecule has 1 rings (SSSR count). The zero-order valence-corrected chi connectivity index (χ0v) is 6.76. The molecule has 0 aliphatic heterocycles. The van der Waals surface area contributed by atoms with Gasteiger partial charge in [-0.15, -0.1) is 0 Å². The Bertz CT molecular complexity index is 106. The first-order valence-corrected chi connectivity index (χ1v) is 4.04. The molecule has 60 valence electrons.